The van der Waals surface area contributed by atoms with E-state index in [1.807, 2.05) is 0 Å². The fraction of sp³-hybridized carbons (Fsp3) is 0.409. The van der Waals surface area contributed by atoms with Crippen molar-refractivity contribution in [1.29, 1.82) is 0 Å². The molecule has 2 heterocycles. The topological polar surface area (TPSA) is 25.4 Å². The van der Waals surface area contributed by atoms with Gasteiger partial charge in [0.05, 0.1) is 18.3 Å². The normalized spacial score (nSPS) is 22.1. The number of fused-ring (bicyclic) bond motifs is 3. The van der Waals surface area contributed by atoms with E-state index in [0.29, 0.717) is 11.6 Å². The lowest BCUT2D eigenvalue weighted by atomic mass is 9.86. The summed E-state index contributed by atoms with van der Waals surface area (Å²) in [6, 6.07) is 9.09. The molecule has 2 atom stereocenters. The first-order valence-corrected chi connectivity index (χ1v) is 9.37. The number of aromatic nitrogens is 1. The van der Waals surface area contributed by atoms with E-state index < -0.39 is 0 Å². The van der Waals surface area contributed by atoms with Gasteiger partial charge in [-0.25, -0.2) is 4.39 Å². The molecule has 1 aliphatic heterocycles. The molecule has 0 amide bonds. The maximum absolute atomic E-state index is 13.8. The molecule has 1 aromatic carbocycles. The predicted octanol–water partition coefficient (Wildman–Crippen LogP) is 3.72. The summed E-state index contributed by atoms with van der Waals surface area (Å²) >= 11 is 0. The minimum Gasteiger partial charge on any atom is -0.370 e. The van der Waals surface area contributed by atoms with Crippen LogP contribution in [0.4, 0.5) is 4.39 Å². The highest BCUT2D eigenvalue weighted by Crippen LogP contribution is 2.37. The molecular weight excluding hydrogens is 327 g/mol. The summed E-state index contributed by atoms with van der Waals surface area (Å²) in [4.78, 5) is 7.17. The molecule has 1 aliphatic carbocycles. The maximum Gasteiger partial charge on any atom is 0.138 e. The Hall–Kier alpha value is -2.22. The number of halogens is 1. The molecule has 134 valence electrons. The van der Waals surface area contributed by atoms with Gasteiger partial charge in [0, 0.05) is 35.6 Å². The first kappa shape index (κ1) is 17.2. The van der Waals surface area contributed by atoms with E-state index in [4.69, 9.17) is 4.74 Å². The van der Waals surface area contributed by atoms with Crippen LogP contribution in [-0.4, -0.2) is 35.6 Å². The maximum atomic E-state index is 13.8. The average molecular weight is 350 g/mol. The van der Waals surface area contributed by atoms with Crippen molar-refractivity contribution in [1.82, 2.24) is 9.88 Å². The van der Waals surface area contributed by atoms with Crippen LogP contribution in [0.3, 0.4) is 0 Å². The van der Waals surface area contributed by atoms with Gasteiger partial charge in [0.15, 0.2) is 0 Å². The number of morpholine rings is 1. The highest BCUT2D eigenvalue weighted by atomic mass is 19.1. The average Bonchev–Trinajstić information content (AvgIpc) is 2.67. The summed E-state index contributed by atoms with van der Waals surface area (Å²) in [5, 5.41) is 0. The molecule has 4 heteroatoms. The van der Waals surface area contributed by atoms with Gasteiger partial charge in [0.1, 0.15) is 5.82 Å². The van der Waals surface area contributed by atoms with E-state index in [1.54, 1.807) is 24.4 Å². The zero-order chi connectivity index (χ0) is 17.9. The third kappa shape index (κ3) is 3.38. The molecule has 0 N–H and O–H groups in total. The van der Waals surface area contributed by atoms with Gasteiger partial charge in [-0.2, -0.15) is 0 Å². The van der Waals surface area contributed by atoms with Gasteiger partial charge < -0.3 is 4.74 Å². The van der Waals surface area contributed by atoms with E-state index in [2.05, 4.69) is 34.7 Å². The van der Waals surface area contributed by atoms with Crippen LogP contribution in [0.15, 0.2) is 36.5 Å². The molecule has 2 aromatic rings. The highest BCUT2D eigenvalue weighted by Gasteiger charge is 2.37. The molecule has 4 rings (SSSR count). The van der Waals surface area contributed by atoms with Crippen LogP contribution in [-0.2, 0) is 11.2 Å². The Labute approximate surface area is 154 Å². The Balaban J connectivity index is 1.63. The minimum absolute atomic E-state index is 0.0711. The Morgan fingerprint density at radius 1 is 1.31 bits per heavy atom. The van der Waals surface area contributed by atoms with Gasteiger partial charge in [-0.1, -0.05) is 30.9 Å². The van der Waals surface area contributed by atoms with Gasteiger partial charge in [-0.15, -0.1) is 0 Å². The zero-order valence-electron chi connectivity index (χ0n) is 15.0. The second kappa shape index (κ2) is 7.57. The molecule has 0 bridgehead atoms. The quantitative estimate of drug-likeness (QED) is 0.772. The fourth-order valence-corrected chi connectivity index (χ4v) is 3.98. The molecule has 2 aliphatic rings. The number of benzene rings is 1. The van der Waals surface area contributed by atoms with Crippen molar-refractivity contribution in [3.63, 3.8) is 0 Å². The van der Waals surface area contributed by atoms with Gasteiger partial charge in [-0.05, 0) is 44.0 Å². The number of rotatable bonds is 2. The summed E-state index contributed by atoms with van der Waals surface area (Å²) in [6.07, 6.45) is 5.08. The molecule has 0 unspecified atom stereocenters. The van der Waals surface area contributed by atoms with Crippen molar-refractivity contribution in [2.24, 2.45) is 0 Å². The largest absolute Gasteiger partial charge is 0.370 e. The van der Waals surface area contributed by atoms with Crippen molar-refractivity contribution in [3.8, 4) is 11.8 Å². The molecule has 26 heavy (non-hydrogen) atoms. The standard InChI is InChI=1S/C22H23FN2O/c1-2-11-25-12-13-26-22-18-14-16(15-24-20(18)9-10-21(22)25)7-8-17-5-3-4-6-19(17)23/h3-6,14-15,21-22H,2,9-13H2,1H3/t21-,22+/m0/s1. The van der Waals surface area contributed by atoms with Crippen LogP contribution in [0, 0.1) is 17.7 Å². The van der Waals surface area contributed by atoms with Crippen LogP contribution in [0.2, 0.25) is 0 Å². The fourth-order valence-electron chi connectivity index (χ4n) is 3.98. The van der Waals surface area contributed by atoms with Crippen molar-refractivity contribution in [2.45, 2.75) is 38.3 Å². The minimum atomic E-state index is -0.295. The summed E-state index contributed by atoms with van der Waals surface area (Å²) in [5.41, 5.74) is 3.48. The monoisotopic (exact) mass is 350 g/mol. The lowest BCUT2D eigenvalue weighted by Gasteiger charge is -2.44. The van der Waals surface area contributed by atoms with Crippen molar-refractivity contribution >= 4 is 0 Å². The van der Waals surface area contributed by atoms with Crippen LogP contribution >= 0.6 is 0 Å². The Morgan fingerprint density at radius 2 is 2.19 bits per heavy atom. The molecule has 1 saturated heterocycles. The van der Waals surface area contributed by atoms with Crippen LogP contribution in [0.25, 0.3) is 0 Å². The number of nitrogens with zero attached hydrogens (tertiary/aromatic N) is 2. The Morgan fingerprint density at radius 3 is 3.04 bits per heavy atom. The van der Waals surface area contributed by atoms with Gasteiger partial charge in [0.25, 0.3) is 0 Å². The first-order chi connectivity index (χ1) is 12.8. The van der Waals surface area contributed by atoms with Crippen LogP contribution < -0.4 is 0 Å². The first-order valence-electron chi connectivity index (χ1n) is 9.37. The molecule has 0 spiro atoms. The number of ether oxygens (including phenoxy) is 1. The van der Waals surface area contributed by atoms with Crippen molar-refractivity contribution in [3.05, 3.63) is 64.7 Å². The van der Waals surface area contributed by atoms with Gasteiger partial charge in [-0.3, -0.25) is 9.88 Å². The van der Waals surface area contributed by atoms with E-state index >= 15 is 0 Å². The highest BCUT2D eigenvalue weighted by molar-refractivity contribution is 5.45. The van der Waals surface area contributed by atoms with Crippen LogP contribution in [0.5, 0.6) is 0 Å². The summed E-state index contributed by atoms with van der Waals surface area (Å²) in [7, 11) is 0. The van der Waals surface area contributed by atoms with Gasteiger partial charge in [0.2, 0.25) is 0 Å². The van der Waals surface area contributed by atoms with E-state index in [-0.39, 0.29) is 11.9 Å². The lowest BCUT2D eigenvalue weighted by Crippen LogP contribution is -2.49. The van der Waals surface area contributed by atoms with Crippen molar-refractivity contribution < 1.29 is 9.13 Å². The molecule has 1 aromatic heterocycles. The van der Waals surface area contributed by atoms with E-state index in [9.17, 15) is 4.39 Å². The SMILES string of the molecule is CCCN1CCO[C@@H]2c3cc(C#Cc4ccccc4F)cnc3CC[C@@H]21. The summed E-state index contributed by atoms with van der Waals surface area (Å²) < 4.78 is 19.9. The molecule has 0 saturated carbocycles. The predicted molar refractivity (Wildman–Crippen MR) is 99.3 cm³/mol. The van der Waals surface area contributed by atoms with Crippen molar-refractivity contribution in [2.75, 3.05) is 19.7 Å². The smallest absolute Gasteiger partial charge is 0.138 e. The summed E-state index contributed by atoms with van der Waals surface area (Å²) in [5.74, 6) is 5.69. The van der Waals surface area contributed by atoms with Crippen LogP contribution in [0.1, 0.15) is 48.3 Å². The molecule has 0 radical (unpaired) electrons. The Kier molecular flexibility index (Phi) is 5.01. The zero-order valence-corrected chi connectivity index (χ0v) is 15.0. The second-order valence-corrected chi connectivity index (χ2v) is 6.92. The molecule has 3 nitrogen and oxygen atoms in total. The summed E-state index contributed by atoms with van der Waals surface area (Å²) in [6.45, 7) is 5.09. The molecule has 1 fully saturated rings. The number of pyridine rings is 1. The third-order valence-electron chi connectivity index (χ3n) is 5.21. The van der Waals surface area contributed by atoms with E-state index in [1.165, 1.54) is 6.07 Å². The molecular formula is C22H23FN2O. The number of hydrogen-bond acceptors (Lipinski definition) is 3. The number of hydrogen-bond donors (Lipinski definition) is 0. The second-order valence-electron chi connectivity index (χ2n) is 6.92. The number of aryl methyl sites for hydroxylation is 1. The third-order valence-corrected chi connectivity index (χ3v) is 5.21. The lowest BCUT2D eigenvalue weighted by molar-refractivity contribution is -0.0805. The Bertz CT molecular complexity index is 853. The van der Waals surface area contributed by atoms with E-state index in [0.717, 1.165) is 55.8 Å². The van der Waals surface area contributed by atoms with Gasteiger partial charge >= 0.3 is 0 Å².